The number of carbonyl (C=O) groups is 1. The normalized spacial score (nSPS) is 10.6. The Morgan fingerprint density at radius 2 is 2.00 bits per heavy atom. The van der Waals surface area contributed by atoms with Crippen molar-refractivity contribution in [1.29, 1.82) is 0 Å². The molecular formula is C14H23N3O. The smallest absolute Gasteiger partial charge is 0.225 e. The minimum Gasteiger partial charge on any atom is -0.397 e. The number of nitrogens with one attached hydrogen (secondary N) is 1. The van der Waals surface area contributed by atoms with Gasteiger partial charge in [-0.25, -0.2) is 0 Å². The van der Waals surface area contributed by atoms with Crippen LogP contribution in [0.5, 0.6) is 0 Å². The molecule has 0 unspecified atom stereocenters. The molecule has 0 aliphatic rings. The van der Waals surface area contributed by atoms with Gasteiger partial charge in [-0.3, -0.25) is 4.79 Å². The minimum absolute atomic E-state index is 0.0162. The Morgan fingerprint density at radius 3 is 2.61 bits per heavy atom. The van der Waals surface area contributed by atoms with Crippen LogP contribution in [0.3, 0.4) is 0 Å². The molecule has 0 saturated heterocycles. The highest BCUT2D eigenvalue weighted by Gasteiger charge is 2.07. The Morgan fingerprint density at radius 1 is 1.28 bits per heavy atom. The van der Waals surface area contributed by atoms with Crippen LogP contribution in [0.15, 0.2) is 24.3 Å². The van der Waals surface area contributed by atoms with Crippen molar-refractivity contribution < 1.29 is 4.79 Å². The van der Waals surface area contributed by atoms with E-state index in [2.05, 4.69) is 24.1 Å². The van der Waals surface area contributed by atoms with Crippen molar-refractivity contribution in [3.05, 3.63) is 24.3 Å². The largest absolute Gasteiger partial charge is 0.397 e. The molecular weight excluding hydrogens is 226 g/mol. The highest BCUT2D eigenvalue weighted by molar-refractivity contribution is 5.93. The second-order valence-corrected chi connectivity index (χ2v) is 4.32. The summed E-state index contributed by atoms with van der Waals surface area (Å²) < 4.78 is 0. The van der Waals surface area contributed by atoms with Crippen LogP contribution < -0.4 is 11.1 Å². The van der Waals surface area contributed by atoms with Gasteiger partial charge in [0.1, 0.15) is 0 Å². The summed E-state index contributed by atoms with van der Waals surface area (Å²) >= 11 is 0. The molecule has 4 heteroatoms. The first-order valence-corrected chi connectivity index (χ1v) is 6.54. The van der Waals surface area contributed by atoms with Gasteiger partial charge in [-0.05, 0) is 31.6 Å². The third-order valence-corrected chi connectivity index (χ3v) is 2.88. The molecule has 0 bridgehead atoms. The molecule has 18 heavy (non-hydrogen) atoms. The maximum absolute atomic E-state index is 11.8. The van der Waals surface area contributed by atoms with E-state index >= 15 is 0 Å². The zero-order valence-electron chi connectivity index (χ0n) is 11.3. The van der Waals surface area contributed by atoms with Gasteiger partial charge in [0, 0.05) is 13.0 Å². The summed E-state index contributed by atoms with van der Waals surface area (Å²) in [5.74, 6) is 0.0162. The van der Waals surface area contributed by atoms with Gasteiger partial charge in [-0.2, -0.15) is 0 Å². The number of nitrogens with two attached hydrogens (primary N) is 1. The Kier molecular flexibility index (Phi) is 6.22. The van der Waals surface area contributed by atoms with Gasteiger partial charge in [-0.15, -0.1) is 0 Å². The third-order valence-electron chi connectivity index (χ3n) is 2.88. The lowest BCUT2D eigenvalue weighted by molar-refractivity contribution is -0.116. The van der Waals surface area contributed by atoms with E-state index in [1.54, 1.807) is 6.07 Å². The molecule has 0 aliphatic heterocycles. The molecule has 0 atom stereocenters. The zero-order chi connectivity index (χ0) is 13.4. The van der Waals surface area contributed by atoms with Gasteiger partial charge in [0.05, 0.1) is 11.4 Å². The lowest BCUT2D eigenvalue weighted by Crippen LogP contribution is -2.28. The first-order valence-electron chi connectivity index (χ1n) is 6.54. The summed E-state index contributed by atoms with van der Waals surface area (Å²) in [4.78, 5) is 14.1. The molecule has 3 N–H and O–H groups in total. The minimum atomic E-state index is 0.0162. The molecule has 0 aliphatic carbocycles. The van der Waals surface area contributed by atoms with Crippen molar-refractivity contribution in [3.63, 3.8) is 0 Å². The fraction of sp³-hybridized carbons (Fsp3) is 0.500. The van der Waals surface area contributed by atoms with Crippen molar-refractivity contribution >= 4 is 17.3 Å². The van der Waals surface area contributed by atoms with Crippen LogP contribution in [0.25, 0.3) is 0 Å². The standard InChI is InChI=1S/C14H23N3O/c1-3-10-17(4-2)11-9-14(18)16-13-8-6-5-7-12(13)15/h5-8H,3-4,9-11,15H2,1-2H3,(H,16,18). The predicted molar refractivity (Wildman–Crippen MR) is 76.5 cm³/mol. The number of benzene rings is 1. The lowest BCUT2D eigenvalue weighted by atomic mass is 10.2. The quantitative estimate of drug-likeness (QED) is 0.729. The number of carbonyl (C=O) groups excluding carboxylic acids is 1. The summed E-state index contributed by atoms with van der Waals surface area (Å²) in [6, 6.07) is 7.31. The molecule has 1 rings (SSSR count). The zero-order valence-corrected chi connectivity index (χ0v) is 11.3. The number of rotatable bonds is 7. The monoisotopic (exact) mass is 249 g/mol. The first-order chi connectivity index (χ1) is 8.67. The fourth-order valence-corrected chi connectivity index (χ4v) is 1.83. The summed E-state index contributed by atoms with van der Waals surface area (Å²) in [6.07, 6.45) is 1.61. The Balaban J connectivity index is 2.40. The van der Waals surface area contributed by atoms with Crippen LogP contribution in [0.4, 0.5) is 11.4 Å². The molecule has 4 nitrogen and oxygen atoms in total. The van der Waals surface area contributed by atoms with E-state index in [0.29, 0.717) is 17.8 Å². The Bertz CT molecular complexity index is 379. The second kappa shape index (κ2) is 7.71. The highest BCUT2D eigenvalue weighted by Crippen LogP contribution is 2.16. The summed E-state index contributed by atoms with van der Waals surface area (Å²) in [5, 5.41) is 2.84. The summed E-state index contributed by atoms with van der Waals surface area (Å²) in [6.45, 7) is 7.07. The maximum Gasteiger partial charge on any atom is 0.225 e. The number of hydrogen-bond donors (Lipinski definition) is 2. The number of nitrogens with zero attached hydrogens (tertiary/aromatic N) is 1. The van der Waals surface area contributed by atoms with Gasteiger partial charge in [0.2, 0.25) is 5.91 Å². The van der Waals surface area contributed by atoms with Crippen LogP contribution in [0.1, 0.15) is 26.7 Å². The third kappa shape index (κ3) is 4.75. The van der Waals surface area contributed by atoms with E-state index in [0.717, 1.165) is 26.1 Å². The molecule has 1 aromatic rings. The number of anilines is 2. The number of amides is 1. The maximum atomic E-state index is 11.8. The van der Waals surface area contributed by atoms with Crippen molar-refractivity contribution in [2.45, 2.75) is 26.7 Å². The van der Waals surface area contributed by atoms with E-state index < -0.39 is 0 Å². The molecule has 100 valence electrons. The van der Waals surface area contributed by atoms with E-state index in [9.17, 15) is 4.79 Å². The van der Waals surface area contributed by atoms with Crippen molar-refractivity contribution in [1.82, 2.24) is 4.90 Å². The molecule has 0 heterocycles. The van der Waals surface area contributed by atoms with Crippen LogP contribution in [-0.4, -0.2) is 30.4 Å². The van der Waals surface area contributed by atoms with Gasteiger partial charge >= 0.3 is 0 Å². The van der Waals surface area contributed by atoms with Crippen LogP contribution in [0.2, 0.25) is 0 Å². The average Bonchev–Trinajstić information content (AvgIpc) is 2.37. The van der Waals surface area contributed by atoms with Gasteiger partial charge in [-0.1, -0.05) is 26.0 Å². The van der Waals surface area contributed by atoms with Gasteiger partial charge < -0.3 is 16.0 Å². The van der Waals surface area contributed by atoms with E-state index in [1.807, 2.05) is 18.2 Å². The molecule has 0 saturated carbocycles. The molecule has 1 amide bonds. The average molecular weight is 249 g/mol. The number of nitrogen functional groups attached to an aromatic ring is 1. The van der Waals surface area contributed by atoms with E-state index in [-0.39, 0.29) is 5.91 Å². The van der Waals surface area contributed by atoms with Crippen molar-refractivity contribution in [2.24, 2.45) is 0 Å². The SMILES string of the molecule is CCCN(CC)CCC(=O)Nc1ccccc1N. The van der Waals surface area contributed by atoms with E-state index in [4.69, 9.17) is 5.73 Å². The molecule has 0 fully saturated rings. The Labute approximate surface area is 109 Å². The number of para-hydroxylation sites is 2. The Hall–Kier alpha value is -1.55. The van der Waals surface area contributed by atoms with Gasteiger partial charge in [0.25, 0.3) is 0 Å². The fourth-order valence-electron chi connectivity index (χ4n) is 1.83. The highest BCUT2D eigenvalue weighted by atomic mass is 16.1. The van der Waals surface area contributed by atoms with E-state index in [1.165, 1.54) is 0 Å². The molecule has 1 aromatic carbocycles. The van der Waals surface area contributed by atoms with Crippen LogP contribution in [-0.2, 0) is 4.79 Å². The lowest BCUT2D eigenvalue weighted by Gasteiger charge is -2.19. The van der Waals surface area contributed by atoms with Crippen LogP contribution in [0, 0.1) is 0 Å². The first kappa shape index (κ1) is 14.5. The van der Waals surface area contributed by atoms with Crippen LogP contribution >= 0.6 is 0 Å². The molecule has 0 spiro atoms. The second-order valence-electron chi connectivity index (χ2n) is 4.32. The topological polar surface area (TPSA) is 58.4 Å². The molecule has 0 radical (unpaired) electrons. The molecule has 0 aromatic heterocycles. The van der Waals surface area contributed by atoms with Crippen molar-refractivity contribution in [2.75, 3.05) is 30.7 Å². The predicted octanol–water partition coefficient (Wildman–Crippen LogP) is 2.33. The van der Waals surface area contributed by atoms with Crippen molar-refractivity contribution in [3.8, 4) is 0 Å². The summed E-state index contributed by atoms with van der Waals surface area (Å²) in [5.41, 5.74) is 7.07. The van der Waals surface area contributed by atoms with Gasteiger partial charge in [0.15, 0.2) is 0 Å². The number of hydrogen-bond acceptors (Lipinski definition) is 3. The summed E-state index contributed by atoms with van der Waals surface area (Å²) in [7, 11) is 0.